The van der Waals surface area contributed by atoms with Crippen LogP contribution in [0.3, 0.4) is 0 Å². The first-order chi connectivity index (χ1) is 12.3. The molecule has 2 aromatic rings. The predicted molar refractivity (Wildman–Crippen MR) is 104 cm³/mol. The lowest BCUT2D eigenvalue weighted by Crippen LogP contribution is -2.26. The summed E-state index contributed by atoms with van der Waals surface area (Å²) in [5.41, 5.74) is -0.290. The van der Waals surface area contributed by atoms with Crippen molar-refractivity contribution in [1.82, 2.24) is 0 Å². The standard InChI is InChI=1S/C19H17Cl2NO3S/c1-18(12-19(18,20)21)17(24)25-11-16(23)22-14-9-5-6-10-15(14)26-13-7-3-2-4-8-13/h2-10H,11-12H2,1H3,(H,22,23)/t18-/m1/s1. The monoisotopic (exact) mass is 409 g/mol. The molecule has 0 unspecified atom stereocenters. The van der Waals surface area contributed by atoms with Gasteiger partial charge in [-0.15, -0.1) is 23.2 Å². The number of para-hydroxylation sites is 1. The second-order valence-electron chi connectivity index (χ2n) is 6.25. The Balaban J connectivity index is 1.59. The molecule has 1 aliphatic rings. The Hall–Kier alpha value is -1.69. The Morgan fingerprint density at radius 1 is 1.12 bits per heavy atom. The predicted octanol–water partition coefficient (Wildman–Crippen LogP) is 4.90. The molecular formula is C19H17Cl2NO3S. The minimum absolute atomic E-state index is 0.320. The molecule has 1 atom stereocenters. The van der Waals surface area contributed by atoms with Crippen molar-refractivity contribution in [3.63, 3.8) is 0 Å². The zero-order valence-corrected chi connectivity index (χ0v) is 16.3. The number of nitrogens with one attached hydrogen (secondary N) is 1. The van der Waals surface area contributed by atoms with Crippen LogP contribution in [0.1, 0.15) is 13.3 Å². The lowest BCUT2D eigenvalue weighted by atomic mass is 10.1. The number of halogens is 2. The molecule has 1 saturated carbocycles. The normalized spacial score (nSPS) is 20.3. The van der Waals surface area contributed by atoms with E-state index >= 15 is 0 Å². The molecule has 26 heavy (non-hydrogen) atoms. The zero-order chi connectivity index (χ0) is 18.8. The number of rotatable bonds is 6. The molecule has 0 saturated heterocycles. The Bertz CT molecular complexity index is 829. The number of anilines is 1. The summed E-state index contributed by atoms with van der Waals surface area (Å²) in [6.07, 6.45) is 0.320. The topological polar surface area (TPSA) is 55.4 Å². The third-order valence-electron chi connectivity index (χ3n) is 4.17. The maximum atomic E-state index is 12.2. The van der Waals surface area contributed by atoms with E-state index in [0.29, 0.717) is 12.1 Å². The smallest absolute Gasteiger partial charge is 0.315 e. The SMILES string of the molecule is C[C@]1(C(=O)OCC(=O)Nc2ccccc2Sc2ccccc2)CC1(Cl)Cl. The van der Waals surface area contributed by atoms with Gasteiger partial charge in [0.25, 0.3) is 5.91 Å². The third-order valence-corrected chi connectivity index (χ3v) is 6.36. The number of amides is 1. The minimum Gasteiger partial charge on any atom is -0.455 e. The van der Waals surface area contributed by atoms with E-state index in [4.69, 9.17) is 27.9 Å². The van der Waals surface area contributed by atoms with E-state index in [1.807, 2.05) is 48.5 Å². The number of carbonyl (C=O) groups excluding carboxylic acids is 2. The molecule has 0 aromatic heterocycles. The summed E-state index contributed by atoms with van der Waals surface area (Å²) in [7, 11) is 0. The van der Waals surface area contributed by atoms with E-state index in [1.165, 1.54) is 11.8 Å². The Kier molecular flexibility index (Phi) is 5.51. The molecule has 0 bridgehead atoms. The number of alkyl halides is 2. The largest absolute Gasteiger partial charge is 0.455 e. The number of esters is 1. The first-order valence-corrected chi connectivity index (χ1v) is 9.56. The van der Waals surface area contributed by atoms with Gasteiger partial charge in [-0.1, -0.05) is 42.1 Å². The molecule has 1 amide bonds. The fraction of sp³-hybridized carbons (Fsp3) is 0.263. The van der Waals surface area contributed by atoms with Gasteiger partial charge < -0.3 is 10.1 Å². The second kappa shape index (κ2) is 7.51. The first kappa shape index (κ1) is 19.1. The fourth-order valence-electron chi connectivity index (χ4n) is 2.37. The quantitative estimate of drug-likeness (QED) is 0.544. The van der Waals surface area contributed by atoms with Gasteiger partial charge in [0.15, 0.2) is 6.61 Å². The lowest BCUT2D eigenvalue weighted by molar-refractivity contribution is -0.152. The number of carbonyl (C=O) groups is 2. The number of hydrogen-bond donors (Lipinski definition) is 1. The van der Waals surface area contributed by atoms with E-state index in [0.717, 1.165) is 9.79 Å². The highest BCUT2D eigenvalue weighted by molar-refractivity contribution is 7.99. The highest BCUT2D eigenvalue weighted by Gasteiger charge is 2.69. The maximum Gasteiger partial charge on any atom is 0.315 e. The summed E-state index contributed by atoms with van der Waals surface area (Å²) in [5, 5.41) is 2.78. The summed E-state index contributed by atoms with van der Waals surface area (Å²) in [6, 6.07) is 17.3. The molecule has 2 aromatic carbocycles. The number of benzene rings is 2. The highest BCUT2D eigenvalue weighted by atomic mass is 35.5. The summed E-state index contributed by atoms with van der Waals surface area (Å²) >= 11 is 13.4. The van der Waals surface area contributed by atoms with Crippen molar-refractivity contribution in [2.75, 3.05) is 11.9 Å². The van der Waals surface area contributed by atoms with Gasteiger partial charge in [0.1, 0.15) is 9.75 Å². The summed E-state index contributed by atoms with van der Waals surface area (Å²) in [6.45, 7) is 1.24. The van der Waals surface area contributed by atoms with Crippen LogP contribution in [0, 0.1) is 5.41 Å². The van der Waals surface area contributed by atoms with Crippen LogP contribution < -0.4 is 5.32 Å². The van der Waals surface area contributed by atoms with Crippen LogP contribution in [0.2, 0.25) is 0 Å². The van der Waals surface area contributed by atoms with E-state index in [1.54, 1.807) is 13.0 Å². The van der Waals surface area contributed by atoms with Gasteiger partial charge in [0.2, 0.25) is 0 Å². The Morgan fingerprint density at radius 3 is 2.38 bits per heavy atom. The van der Waals surface area contributed by atoms with Gasteiger partial charge in [0.05, 0.1) is 5.69 Å². The van der Waals surface area contributed by atoms with E-state index < -0.39 is 21.6 Å². The average Bonchev–Trinajstić information content (AvgIpc) is 3.15. The molecule has 4 nitrogen and oxygen atoms in total. The van der Waals surface area contributed by atoms with Gasteiger partial charge in [-0.2, -0.15) is 0 Å². The lowest BCUT2D eigenvalue weighted by Gasteiger charge is -2.13. The van der Waals surface area contributed by atoms with Crippen molar-refractivity contribution in [2.45, 2.75) is 27.5 Å². The van der Waals surface area contributed by atoms with Crippen LogP contribution in [-0.4, -0.2) is 22.8 Å². The second-order valence-corrected chi connectivity index (χ2v) is 8.85. The van der Waals surface area contributed by atoms with Gasteiger partial charge >= 0.3 is 5.97 Å². The van der Waals surface area contributed by atoms with Crippen LogP contribution in [0.25, 0.3) is 0 Å². The molecule has 0 heterocycles. The summed E-state index contributed by atoms with van der Waals surface area (Å²) in [4.78, 5) is 26.2. The molecule has 136 valence electrons. The third kappa shape index (κ3) is 4.17. The van der Waals surface area contributed by atoms with Crippen molar-refractivity contribution < 1.29 is 14.3 Å². The van der Waals surface area contributed by atoms with E-state index in [-0.39, 0.29) is 6.61 Å². The molecule has 0 spiro atoms. The van der Waals surface area contributed by atoms with Crippen LogP contribution in [0.15, 0.2) is 64.4 Å². The number of ether oxygens (including phenoxy) is 1. The van der Waals surface area contributed by atoms with Crippen molar-refractivity contribution in [3.8, 4) is 0 Å². The molecule has 3 rings (SSSR count). The van der Waals surface area contributed by atoms with Gasteiger partial charge in [-0.05, 0) is 31.2 Å². The van der Waals surface area contributed by atoms with Crippen LogP contribution in [0.5, 0.6) is 0 Å². The number of hydrogen-bond acceptors (Lipinski definition) is 4. The zero-order valence-electron chi connectivity index (χ0n) is 14.0. The van der Waals surface area contributed by atoms with Gasteiger partial charge in [0, 0.05) is 16.2 Å². The van der Waals surface area contributed by atoms with Crippen LogP contribution in [-0.2, 0) is 14.3 Å². The van der Waals surface area contributed by atoms with Crippen molar-refractivity contribution >= 4 is 52.5 Å². The van der Waals surface area contributed by atoms with Crippen LogP contribution >= 0.6 is 35.0 Å². The Morgan fingerprint density at radius 2 is 1.73 bits per heavy atom. The van der Waals surface area contributed by atoms with E-state index in [9.17, 15) is 9.59 Å². The fourth-order valence-corrected chi connectivity index (χ4v) is 3.98. The van der Waals surface area contributed by atoms with Gasteiger partial charge in [-0.25, -0.2) is 0 Å². The van der Waals surface area contributed by atoms with Gasteiger partial charge in [-0.3, -0.25) is 9.59 Å². The minimum atomic E-state index is -1.11. The molecule has 1 fully saturated rings. The van der Waals surface area contributed by atoms with Crippen molar-refractivity contribution in [3.05, 3.63) is 54.6 Å². The molecule has 7 heteroatoms. The molecule has 1 aliphatic carbocycles. The first-order valence-electron chi connectivity index (χ1n) is 7.99. The van der Waals surface area contributed by atoms with Crippen LogP contribution in [0.4, 0.5) is 5.69 Å². The average molecular weight is 410 g/mol. The Labute approximate surface area is 166 Å². The molecule has 0 radical (unpaired) electrons. The maximum absolute atomic E-state index is 12.2. The molecule has 1 N–H and O–H groups in total. The van der Waals surface area contributed by atoms with Crippen molar-refractivity contribution in [2.24, 2.45) is 5.41 Å². The van der Waals surface area contributed by atoms with Crippen molar-refractivity contribution in [1.29, 1.82) is 0 Å². The molecular weight excluding hydrogens is 393 g/mol. The summed E-state index contributed by atoms with van der Waals surface area (Å²) in [5.74, 6) is -0.983. The van der Waals surface area contributed by atoms with E-state index in [2.05, 4.69) is 5.32 Å². The summed E-state index contributed by atoms with van der Waals surface area (Å²) < 4.78 is 3.96. The highest BCUT2D eigenvalue weighted by Crippen LogP contribution is 2.64. The molecule has 0 aliphatic heterocycles.